The summed E-state index contributed by atoms with van der Waals surface area (Å²) in [5.41, 5.74) is 0.563. The van der Waals surface area contributed by atoms with Crippen LogP contribution in [0.1, 0.15) is 30.0 Å². The molecule has 1 aliphatic carbocycles. The van der Waals surface area contributed by atoms with Gasteiger partial charge in [-0.05, 0) is 55.1 Å². The van der Waals surface area contributed by atoms with E-state index in [2.05, 4.69) is 10.6 Å². The van der Waals surface area contributed by atoms with Crippen LogP contribution in [0.4, 0.5) is 8.78 Å². The Morgan fingerprint density at radius 2 is 1.92 bits per heavy atom. The number of nitrogens with one attached hydrogen (secondary N) is 2. The molecule has 25 heavy (non-hydrogen) atoms. The zero-order valence-electron chi connectivity index (χ0n) is 13.6. The summed E-state index contributed by atoms with van der Waals surface area (Å²) in [6.07, 6.45) is 2.37. The fourth-order valence-corrected chi connectivity index (χ4v) is 2.94. The van der Waals surface area contributed by atoms with E-state index < -0.39 is 17.7 Å². The molecule has 0 aliphatic heterocycles. The van der Waals surface area contributed by atoms with Crippen molar-refractivity contribution in [3.8, 4) is 0 Å². The number of carbonyl (C=O) groups is 1. The van der Waals surface area contributed by atoms with E-state index in [9.17, 15) is 13.6 Å². The summed E-state index contributed by atoms with van der Waals surface area (Å²) < 4.78 is 27.9. The molecule has 0 heterocycles. The maximum absolute atomic E-state index is 14.3. The van der Waals surface area contributed by atoms with Gasteiger partial charge >= 0.3 is 0 Å². The molecular formula is C19H19ClF2N2O. The second-order valence-electron chi connectivity index (χ2n) is 6.26. The molecule has 6 heteroatoms. The van der Waals surface area contributed by atoms with E-state index >= 15 is 0 Å². The minimum atomic E-state index is -0.861. The first-order valence-electron chi connectivity index (χ1n) is 8.24. The largest absolute Gasteiger partial charge is 0.344 e. The molecule has 3 rings (SSSR count). The van der Waals surface area contributed by atoms with E-state index in [1.165, 1.54) is 12.8 Å². The third kappa shape index (κ3) is 4.77. The highest BCUT2D eigenvalue weighted by atomic mass is 35.5. The quantitative estimate of drug-likeness (QED) is 0.784. The summed E-state index contributed by atoms with van der Waals surface area (Å²) in [4.78, 5) is 12.3. The predicted octanol–water partition coefficient (Wildman–Crippen LogP) is 3.82. The van der Waals surface area contributed by atoms with Gasteiger partial charge in [0.1, 0.15) is 11.6 Å². The van der Waals surface area contributed by atoms with Gasteiger partial charge in [-0.1, -0.05) is 29.8 Å². The Kier molecular flexibility index (Phi) is 5.66. The molecule has 3 nitrogen and oxygen atoms in total. The molecule has 2 aromatic carbocycles. The van der Waals surface area contributed by atoms with Crippen LogP contribution in [0.5, 0.6) is 0 Å². The number of hydrogen-bond acceptors (Lipinski definition) is 2. The van der Waals surface area contributed by atoms with Crippen molar-refractivity contribution >= 4 is 17.5 Å². The van der Waals surface area contributed by atoms with E-state index in [0.717, 1.165) is 24.7 Å². The highest BCUT2D eigenvalue weighted by molar-refractivity contribution is 6.31. The third-order valence-corrected chi connectivity index (χ3v) is 4.55. The van der Waals surface area contributed by atoms with Crippen molar-refractivity contribution in [1.82, 2.24) is 10.6 Å². The minimum absolute atomic E-state index is 0.0450. The van der Waals surface area contributed by atoms with Gasteiger partial charge < -0.3 is 10.6 Å². The molecule has 1 unspecified atom stereocenters. The molecule has 0 saturated heterocycles. The van der Waals surface area contributed by atoms with Crippen LogP contribution in [-0.2, 0) is 4.79 Å². The van der Waals surface area contributed by atoms with Gasteiger partial charge in [-0.25, -0.2) is 8.78 Å². The molecule has 0 radical (unpaired) electrons. The van der Waals surface area contributed by atoms with Gasteiger partial charge in [-0.3, -0.25) is 4.79 Å². The van der Waals surface area contributed by atoms with Crippen molar-refractivity contribution < 1.29 is 13.6 Å². The molecule has 2 N–H and O–H groups in total. The molecule has 1 fully saturated rings. The van der Waals surface area contributed by atoms with Gasteiger partial charge in [-0.2, -0.15) is 0 Å². The van der Waals surface area contributed by atoms with Gasteiger partial charge in [0, 0.05) is 10.6 Å². The zero-order chi connectivity index (χ0) is 17.8. The maximum atomic E-state index is 14.3. The Labute approximate surface area is 150 Å². The van der Waals surface area contributed by atoms with Crippen LogP contribution in [0.15, 0.2) is 42.5 Å². The maximum Gasteiger partial charge on any atom is 0.234 e. The smallest absolute Gasteiger partial charge is 0.234 e. The number of rotatable bonds is 7. The highest BCUT2D eigenvalue weighted by Crippen LogP contribution is 2.30. The zero-order valence-corrected chi connectivity index (χ0v) is 14.3. The molecule has 0 spiro atoms. The Morgan fingerprint density at radius 3 is 2.64 bits per heavy atom. The van der Waals surface area contributed by atoms with E-state index in [4.69, 9.17) is 11.6 Å². The molecule has 1 atom stereocenters. The Bertz CT molecular complexity index is 765. The van der Waals surface area contributed by atoms with Gasteiger partial charge in [0.2, 0.25) is 5.91 Å². The predicted molar refractivity (Wildman–Crippen MR) is 93.4 cm³/mol. The van der Waals surface area contributed by atoms with Gasteiger partial charge in [-0.15, -0.1) is 0 Å². The van der Waals surface area contributed by atoms with Crippen molar-refractivity contribution in [2.24, 2.45) is 5.92 Å². The first kappa shape index (κ1) is 17.8. The minimum Gasteiger partial charge on any atom is -0.344 e. The lowest BCUT2D eigenvalue weighted by molar-refractivity contribution is -0.120. The van der Waals surface area contributed by atoms with Gasteiger partial charge in [0.15, 0.2) is 0 Å². The van der Waals surface area contributed by atoms with Crippen molar-refractivity contribution in [2.75, 3.05) is 13.1 Å². The van der Waals surface area contributed by atoms with Crippen LogP contribution in [0, 0.1) is 17.6 Å². The number of halogens is 3. The van der Waals surface area contributed by atoms with E-state index in [-0.39, 0.29) is 18.0 Å². The average Bonchev–Trinajstić information content (AvgIpc) is 3.40. The van der Waals surface area contributed by atoms with E-state index in [1.807, 2.05) is 0 Å². The third-order valence-electron chi connectivity index (χ3n) is 4.21. The number of hydrogen-bond donors (Lipinski definition) is 2. The lowest BCUT2D eigenvalue weighted by Crippen LogP contribution is -2.37. The second kappa shape index (κ2) is 7.93. The second-order valence-corrected chi connectivity index (χ2v) is 6.67. The number of carbonyl (C=O) groups excluding carboxylic acids is 1. The first-order valence-corrected chi connectivity index (χ1v) is 8.62. The molecule has 1 amide bonds. The monoisotopic (exact) mass is 364 g/mol. The first-order chi connectivity index (χ1) is 12.0. The Morgan fingerprint density at radius 1 is 1.16 bits per heavy atom. The van der Waals surface area contributed by atoms with Crippen molar-refractivity contribution in [1.29, 1.82) is 0 Å². The van der Waals surface area contributed by atoms with Crippen LogP contribution in [0.25, 0.3) is 0 Å². The van der Waals surface area contributed by atoms with Crippen LogP contribution in [0.2, 0.25) is 5.02 Å². The highest BCUT2D eigenvalue weighted by Gasteiger charge is 2.24. The van der Waals surface area contributed by atoms with Gasteiger partial charge in [0.05, 0.1) is 12.6 Å². The Balaban J connectivity index is 1.82. The standard InChI is InChI=1S/C19H19ClF2N2O/c20-16-4-2-1-3-14(16)19(15-9-13(21)7-8-17(15)22)24-18(25)11-23-10-12-5-6-12/h1-4,7-9,12,19,23H,5-6,10-11H2,(H,24,25). The molecule has 0 bridgehead atoms. The molecule has 0 aromatic heterocycles. The van der Waals surface area contributed by atoms with Crippen LogP contribution < -0.4 is 10.6 Å². The van der Waals surface area contributed by atoms with Crippen molar-refractivity contribution in [2.45, 2.75) is 18.9 Å². The summed E-state index contributed by atoms with van der Waals surface area (Å²) in [7, 11) is 0. The fourth-order valence-electron chi connectivity index (χ4n) is 2.69. The van der Waals surface area contributed by atoms with E-state index in [0.29, 0.717) is 16.5 Å². The number of benzene rings is 2. The summed E-state index contributed by atoms with van der Waals surface area (Å²) in [6.45, 7) is 0.910. The van der Waals surface area contributed by atoms with Crippen molar-refractivity contribution in [3.63, 3.8) is 0 Å². The summed E-state index contributed by atoms with van der Waals surface area (Å²) >= 11 is 6.22. The lowest BCUT2D eigenvalue weighted by Gasteiger charge is -2.21. The van der Waals surface area contributed by atoms with E-state index in [1.54, 1.807) is 24.3 Å². The normalized spacial score (nSPS) is 15.0. The summed E-state index contributed by atoms with van der Waals surface area (Å²) in [5.74, 6) is -0.825. The van der Waals surface area contributed by atoms with Crippen LogP contribution in [-0.4, -0.2) is 19.0 Å². The number of amides is 1. The molecule has 2 aromatic rings. The van der Waals surface area contributed by atoms with Crippen molar-refractivity contribution in [3.05, 3.63) is 70.2 Å². The SMILES string of the molecule is O=C(CNCC1CC1)NC(c1cc(F)ccc1F)c1ccccc1Cl. The van der Waals surface area contributed by atoms with Crippen LogP contribution >= 0.6 is 11.6 Å². The van der Waals surface area contributed by atoms with Crippen LogP contribution in [0.3, 0.4) is 0 Å². The van der Waals surface area contributed by atoms with Gasteiger partial charge in [0.25, 0.3) is 0 Å². The summed E-state index contributed by atoms with van der Waals surface area (Å²) in [5, 5.41) is 6.22. The Hall–Kier alpha value is -1.98. The lowest BCUT2D eigenvalue weighted by atomic mass is 9.97. The molecule has 1 saturated carbocycles. The summed E-state index contributed by atoms with van der Waals surface area (Å²) in [6, 6.07) is 9.13. The average molecular weight is 365 g/mol. The molecule has 132 valence electrons. The molecule has 1 aliphatic rings. The molecular weight excluding hydrogens is 346 g/mol. The topological polar surface area (TPSA) is 41.1 Å². The fraction of sp³-hybridized carbons (Fsp3) is 0.316.